The zero-order chi connectivity index (χ0) is 44.6. The summed E-state index contributed by atoms with van der Waals surface area (Å²) in [6.07, 6.45) is 5.87. The topological polar surface area (TPSA) is 172 Å². The zero-order valence-corrected chi connectivity index (χ0v) is 36.7. The number of rotatable bonds is 7. The molecule has 3 N–H and O–H groups in total. The molecule has 7 aliphatic heterocycles. The highest BCUT2D eigenvalue weighted by molar-refractivity contribution is 7.99. The lowest BCUT2D eigenvalue weighted by Gasteiger charge is -2.62. The Morgan fingerprint density at radius 1 is 1.05 bits per heavy atom. The summed E-state index contributed by atoms with van der Waals surface area (Å²) in [7, 11) is 3.00. The van der Waals surface area contributed by atoms with Gasteiger partial charge in [-0.1, -0.05) is 42.5 Å². The Labute approximate surface area is 374 Å². The number of methoxy groups -OCH3 is 2. The number of fused-ring (bicyclic) bond motifs is 9. The van der Waals surface area contributed by atoms with Gasteiger partial charge >= 0.3 is 11.9 Å². The van der Waals surface area contributed by atoms with Crippen LogP contribution >= 0.6 is 11.8 Å². The quantitative estimate of drug-likeness (QED) is 0.0824. The number of ether oxygens (including phenoxy) is 6. The van der Waals surface area contributed by atoms with Crippen molar-refractivity contribution in [1.82, 2.24) is 15.1 Å². The average Bonchev–Trinajstić information content (AvgIpc) is 3.79. The average molecular weight is 885 g/mol. The van der Waals surface area contributed by atoms with Crippen LogP contribution in [0.2, 0.25) is 0 Å². The first-order chi connectivity index (χ1) is 31.0. The first-order valence-electron chi connectivity index (χ1n) is 21.3. The van der Waals surface area contributed by atoms with Gasteiger partial charge in [-0.3, -0.25) is 15.1 Å². The Hall–Kier alpha value is -6.18. The molecule has 4 aromatic rings. The molecule has 1 unspecified atom stereocenters. The number of carbonyl (C=O) groups is 2. The van der Waals surface area contributed by atoms with Crippen LogP contribution in [0.1, 0.15) is 67.4 Å². The van der Waals surface area contributed by atoms with Crippen LogP contribution in [0.15, 0.2) is 67.3 Å². The van der Waals surface area contributed by atoms with Gasteiger partial charge in [0.05, 0.1) is 37.6 Å². The van der Waals surface area contributed by atoms with Crippen LogP contribution in [0.3, 0.4) is 0 Å². The first-order valence-corrected chi connectivity index (χ1v) is 22.4. The van der Waals surface area contributed by atoms with Crippen LogP contribution in [0.5, 0.6) is 40.2 Å². The van der Waals surface area contributed by atoms with Crippen molar-refractivity contribution in [3.63, 3.8) is 0 Å². The van der Waals surface area contributed by atoms with E-state index in [-0.39, 0.29) is 48.2 Å². The molecule has 4 aromatic carbocycles. The summed E-state index contributed by atoms with van der Waals surface area (Å²) in [6.45, 7) is 8.35. The number of nitrogens with one attached hydrogen (secondary N) is 1. The minimum atomic E-state index is -1.41. The lowest BCUT2D eigenvalue weighted by Crippen LogP contribution is -2.70. The number of hydrogen-bond donors (Lipinski definition) is 3. The SMILES string of the molecule is C=CCN1[C@@H]2c3c(cc(C)c(OC)c3O)C[C@H]1[C@H](C#N)N1C2[C@@H]2SC[C@]3(NCCc4cc(O)c(OC)cc43)C(=O)OC[C@@H]1c1c3c(c(C)c(OC(=O)/C=C/c4ccccc4)c12)OCO3. The molecule has 0 aliphatic carbocycles. The second-order valence-electron chi connectivity index (χ2n) is 17.0. The van der Waals surface area contributed by atoms with Crippen LogP contribution in [-0.4, -0.2) is 96.5 Å². The van der Waals surface area contributed by atoms with Gasteiger partial charge in [-0.2, -0.15) is 5.26 Å². The Balaban J connectivity index is 1.24. The summed E-state index contributed by atoms with van der Waals surface area (Å²) >= 11 is 1.46. The van der Waals surface area contributed by atoms with Gasteiger partial charge in [0, 0.05) is 59.3 Å². The maximum Gasteiger partial charge on any atom is 0.336 e. The molecule has 15 heteroatoms. The van der Waals surface area contributed by atoms with Crippen molar-refractivity contribution in [3.05, 3.63) is 117 Å². The van der Waals surface area contributed by atoms with Crippen LogP contribution in [-0.2, 0) is 32.7 Å². The summed E-state index contributed by atoms with van der Waals surface area (Å²) in [5.41, 5.74) is 4.94. The van der Waals surface area contributed by atoms with Crippen LogP contribution in [0.25, 0.3) is 6.08 Å². The molecule has 0 radical (unpaired) electrons. The number of carbonyl (C=O) groups excluding carboxylic acids is 2. The van der Waals surface area contributed by atoms with Crippen molar-refractivity contribution >= 4 is 29.8 Å². The summed E-state index contributed by atoms with van der Waals surface area (Å²) in [5.74, 6) is 0.619. The van der Waals surface area contributed by atoms with Crippen LogP contribution in [0.4, 0.5) is 0 Å². The fraction of sp³-hybridized carbons (Fsp3) is 0.367. The van der Waals surface area contributed by atoms with Crippen molar-refractivity contribution in [2.45, 2.75) is 67.7 Å². The number of phenolic OH excluding ortho intramolecular Hbond substituents is 2. The molecule has 1 spiro atoms. The molecule has 7 aliphatic rings. The number of phenols is 2. The summed E-state index contributed by atoms with van der Waals surface area (Å²) in [4.78, 5) is 33.5. The van der Waals surface area contributed by atoms with Gasteiger partial charge in [0.1, 0.15) is 18.4 Å². The summed E-state index contributed by atoms with van der Waals surface area (Å²) < 4.78 is 36.9. The van der Waals surface area contributed by atoms with E-state index in [0.717, 1.165) is 22.3 Å². The van der Waals surface area contributed by atoms with Gasteiger partial charge in [-0.05, 0) is 72.7 Å². The Morgan fingerprint density at radius 2 is 1.84 bits per heavy atom. The van der Waals surface area contributed by atoms with Crippen molar-refractivity contribution < 1.29 is 48.2 Å². The Morgan fingerprint density at radius 3 is 2.59 bits per heavy atom. The van der Waals surface area contributed by atoms with E-state index < -0.39 is 46.9 Å². The monoisotopic (exact) mass is 884 g/mol. The molecule has 0 aromatic heterocycles. The second kappa shape index (κ2) is 16.1. The van der Waals surface area contributed by atoms with E-state index in [0.29, 0.717) is 71.0 Å². The molecule has 2 fully saturated rings. The normalized spacial score (nSPS) is 26.5. The molecule has 11 rings (SSSR count). The van der Waals surface area contributed by atoms with Gasteiger partial charge in [-0.15, -0.1) is 18.3 Å². The van der Waals surface area contributed by atoms with Gasteiger partial charge in [0.25, 0.3) is 0 Å². The lowest BCUT2D eigenvalue weighted by atomic mass is 9.71. The van der Waals surface area contributed by atoms with Crippen molar-refractivity contribution in [1.29, 1.82) is 5.26 Å². The molecule has 0 saturated carbocycles. The molecule has 64 heavy (non-hydrogen) atoms. The number of aryl methyl sites for hydroxylation is 1. The number of piperazine rings is 1. The Kier molecular flexibility index (Phi) is 10.5. The van der Waals surface area contributed by atoms with Gasteiger partial charge in [0.2, 0.25) is 6.79 Å². The van der Waals surface area contributed by atoms with Crippen molar-refractivity contribution in [2.24, 2.45) is 0 Å². The molecule has 7 heterocycles. The predicted molar refractivity (Wildman–Crippen MR) is 237 cm³/mol. The van der Waals surface area contributed by atoms with Gasteiger partial charge in [-0.25, -0.2) is 9.59 Å². The second-order valence-corrected chi connectivity index (χ2v) is 18.1. The summed E-state index contributed by atoms with van der Waals surface area (Å²) in [5, 5.41) is 37.5. The van der Waals surface area contributed by atoms with E-state index in [1.54, 1.807) is 18.2 Å². The van der Waals surface area contributed by atoms with E-state index in [9.17, 15) is 20.3 Å². The van der Waals surface area contributed by atoms with E-state index in [2.05, 4.69) is 27.8 Å². The molecule has 0 amide bonds. The largest absolute Gasteiger partial charge is 0.504 e. The van der Waals surface area contributed by atoms with Gasteiger partial charge in [0.15, 0.2) is 40.0 Å². The van der Waals surface area contributed by atoms with Crippen molar-refractivity contribution in [2.75, 3.05) is 46.5 Å². The highest BCUT2D eigenvalue weighted by Gasteiger charge is 2.62. The molecule has 2 saturated heterocycles. The summed E-state index contributed by atoms with van der Waals surface area (Å²) in [6, 6.07) is 14.4. The van der Waals surface area contributed by atoms with Crippen LogP contribution < -0.4 is 29.0 Å². The highest BCUT2D eigenvalue weighted by Crippen LogP contribution is 2.65. The molecule has 330 valence electrons. The number of thioether (sulfide) groups is 1. The predicted octanol–water partition coefficient (Wildman–Crippen LogP) is 6.24. The highest BCUT2D eigenvalue weighted by atomic mass is 32.2. The number of aromatic hydroxyl groups is 2. The molecule has 14 nitrogen and oxygen atoms in total. The number of nitriles is 1. The Bertz CT molecular complexity index is 2680. The maximum atomic E-state index is 15.0. The number of hydrogen-bond acceptors (Lipinski definition) is 15. The maximum absolute atomic E-state index is 15.0. The molecule has 4 bridgehead atoms. The lowest BCUT2D eigenvalue weighted by molar-refractivity contribution is -0.157. The van der Waals surface area contributed by atoms with E-state index in [1.807, 2.05) is 56.3 Å². The van der Waals surface area contributed by atoms with E-state index >= 15 is 4.79 Å². The van der Waals surface area contributed by atoms with Crippen LogP contribution in [0, 0.1) is 25.2 Å². The molecule has 7 atom stereocenters. The minimum Gasteiger partial charge on any atom is -0.504 e. The molecular weight excluding hydrogens is 837 g/mol. The first kappa shape index (κ1) is 41.8. The third-order valence-corrected chi connectivity index (χ3v) is 15.2. The minimum absolute atomic E-state index is 0.0146. The van der Waals surface area contributed by atoms with Crippen molar-refractivity contribution in [3.8, 4) is 46.3 Å². The third-order valence-electron chi connectivity index (χ3n) is 13.8. The van der Waals surface area contributed by atoms with E-state index in [1.165, 1.54) is 32.1 Å². The zero-order valence-electron chi connectivity index (χ0n) is 35.9. The number of benzene rings is 4. The fourth-order valence-corrected chi connectivity index (χ4v) is 12.8. The fourth-order valence-electron chi connectivity index (χ4n) is 11.2. The smallest absolute Gasteiger partial charge is 0.336 e. The standard InChI is InChI=1S/C49H48N4O10S/c1-6-16-52-31-18-29-17-25(2)43(59-5)42(56)37(29)40(52)41-47-39-38(46-45(61-24-62-46)26(3)44(39)63-36(55)13-12-27-10-8-7-9-11-27)33(53(41)32(31)21-50)22-60-48(57)49(23-64-47)30-20-35(58-4)34(54)19-28(30)14-15-51-49/h6-13,17,19-20,31-33,40-41,47,51,54,56H,1,14-16,18,22-24H2,2-5H3/b13-12+/t31-,32-,33+,40+,41?,47+,49+/m0/s1. The number of nitrogens with zero attached hydrogens (tertiary/aromatic N) is 3. The third kappa shape index (κ3) is 6.25. The number of esters is 2. The van der Waals surface area contributed by atoms with Gasteiger partial charge < -0.3 is 38.6 Å². The molecular formula is C49H48N4O10S. The van der Waals surface area contributed by atoms with E-state index in [4.69, 9.17) is 28.4 Å².